The zero-order valence-electron chi connectivity index (χ0n) is 9.41. The summed E-state index contributed by atoms with van der Waals surface area (Å²) in [7, 11) is -1.82. The van der Waals surface area contributed by atoms with E-state index in [1.807, 2.05) is 37.8 Å². The van der Waals surface area contributed by atoms with Crippen LogP contribution in [0.4, 0.5) is 0 Å². The molecule has 0 aliphatic carbocycles. The van der Waals surface area contributed by atoms with Gasteiger partial charge in [-0.25, -0.2) is 4.79 Å². The molecule has 0 atom stereocenters. The van der Waals surface area contributed by atoms with Crippen molar-refractivity contribution < 1.29 is 9.22 Å². The van der Waals surface area contributed by atoms with E-state index >= 15 is 0 Å². The highest BCUT2D eigenvalue weighted by atomic mass is 28.4. The molecule has 0 heterocycles. The third kappa shape index (κ3) is 3.36. The van der Waals surface area contributed by atoms with Crippen molar-refractivity contribution in [3.8, 4) is 0 Å². The minimum atomic E-state index is -1.82. The Hall–Kier alpha value is -1.35. The summed E-state index contributed by atoms with van der Waals surface area (Å²) in [5, 5.41) is 0. The van der Waals surface area contributed by atoms with Gasteiger partial charge < -0.3 is 4.43 Å². The van der Waals surface area contributed by atoms with E-state index in [9.17, 15) is 4.79 Å². The maximum Gasteiger partial charge on any atom is 0.325 e. The first kappa shape index (κ1) is 11.7. The molecule has 0 unspecified atom stereocenters. The van der Waals surface area contributed by atoms with Crippen molar-refractivity contribution >= 4 is 20.4 Å². The second kappa shape index (κ2) is 4.44. The van der Waals surface area contributed by atoms with E-state index < -0.39 is 8.32 Å². The lowest BCUT2D eigenvalue weighted by molar-refractivity contribution is 0.0724. The molecular formula is C12H16O2Si. The number of hydrogen-bond donors (Lipinski definition) is 0. The first-order valence-electron chi connectivity index (χ1n) is 4.89. The van der Waals surface area contributed by atoms with Crippen LogP contribution in [-0.4, -0.2) is 14.3 Å². The van der Waals surface area contributed by atoms with Crippen molar-refractivity contribution in [3.63, 3.8) is 0 Å². The summed E-state index contributed by atoms with van der Waals surface area (Å²) in [6.07, 6.45) is 1.67. The van der Waals surface area contributed by atoms with Crippen LogP contribution < -0.4 is 0 Å². The Morgan fingerprint density at radius 1 is 1.33 bits per heavy atom. The molecule has 0 N–H and O–H groups in total. The van der Waals surface area contributed by atoms with Crippen molar-refractivity contribution in [2.75, 3.05) is 0 Å². The molecule has 0 amide bonds. The van der Waals surface area contributed by atoms with Gasteiger partial charge in [-0.3, -0.25) is 0 Å². The maximum absolute atomic E-state index is 11.8. The Balaban J connectivity index is 2.96. The molecule has 0 saturated heterocycles. The average molecular weight is 220 g/mol. The van der Waals surface area contributed by atoms with Crippen LogP contribution in [0.15, 0.2) is 30.8 Å². The van der Waals surface area contributed by atoms with Gasteiger partial charge in [0.25, 0.3) is 0 Å². The largest absolute Gasteiger partial charge is 0.516 e. The van der Waals surface area contributed by atoms with Crippen LogP contribution in [0.5, 0.6) is 0 Å². The van der Waals surface area contributed by atoms with Crippen LogP contribution in [0.2, 0.25) is 19.6 Å². The van der Waals surface area contributed by atoms with E-state index in [0.717, 1.165) is 5.56 Å². The number of carbonyl (C=O) groups excluding carboxylic acids is 1. The monoisotopic (exact) mass is 220 g/mol. The minimum Gasteiger partial charge on any atom is -0.516 e. The van der Waals surface area contributed by atoms with Gasteiger partial charge in [0.2, 0.25) is 8.32 Å². The van der Waals surface area contributed by atoms with Crippen molar-refractivity contribution in [2.24, 2.45) is 0 Å². The molecule has 3 heteroatoms. The van der Waals surface area contributed by atoms with Gasteiger partial charge in [0, 0.05) is 0 Å². The van der Waals surface area contributed by atoms with E-state index in [1.165, 1.54) is 0 Å². The molecule has 0 aliphatic rings. The van der Waals surface area contributed by atoms with Gasteiger partial charge in [0.05, 0.1) is 5.56 Å². The lowest BCUT2D eigenvalue weighted by Gasteiger charge is -2.18. The predicted molar refractivity (Wildman–Crippen MR) is 65.3 cm³/mol. The van der Waals surface area contributed by atoms with Crippen LogP contribution in [0.3, 0.4) is 0 Å². The highest BCUT2D eigenvalue weighted by Crippen LogP contribution is 2.14. The second-order valence-electron chi connectivity index (χ2n) is 4.29. The molecule has 0 radical (unpaired) electrons. The fraction of sp³-hybridized carbons (Fsp3) is 0.250. The molecule has 15 heavy (non-hydrogen) atoms. The van der Waals surface area contributed by atoms with Gasteiger partial charge >= 0.3 is 5.97 Å². The number of carbonyl (C=O) groups is 1. The van der Waals surface area contributed by atoms with Crippen molar-refractivity contribution in [3.05, 3.63) is 42.0 Å². The molecular weight excluding hydrogens is 204 g/mol. The Kier molecular flexibility index (Phi) is 3.47. The summed E-state index contributed by atoms with van der Waals surface area (Å²) in [6.45, 7) is 9.64. The van der Waals surface area contributed by atoms with E-state index in [-0.39, 0.29) is 5.97 Å². The molecule has 0 fully saturated rings. The first-order chi connectivity index (χ1) is 6.94. The van der Waals surface area contributed by atoms with Crippen LogP contribution in [0, 0.1) is 0 Å². The molecule has 0 spiro atoms. The van der Waals surface area contributed by atoms with Crippen LogP contribution in [-0.2, 0) is 4.43 Å². The fourth-order valence-electron chi connectivity index (χ4n) is 1.19. The minimum absolute atomic E-state index is 0.246. The molecule has 80 valence electrons. The normalized spacial score (nSPS) is 10.9. The van der Waals surface area contributed by atoms with Gasteiger partial charge in [-0.1, -0.05) is 30.9 Å². The zero-order valence-corrected chi connectivity index (χ0v) is 10.4. The Bertz CT molecular complexity index is 377. The molecule has 1 rings (SSSR count). The second-order valence-corrected chi connectivity index (χ2v) is 8.72. The third-order valence-electron chi connectivity index (χ3n) is 1.80. The van der Waals surface area contributed by atoms with E-state index in [4.69, 9.17) is 4.43 Å². The SMILES string of the molecule is C=Cc1ccccc1C(=O)O[Si](C)(C)C. The molecule has 1 aromatic carbocycles. The van der Waals surface area contributed by atoms with Crippen molar-refractivity contribution in [1.29, 1.82) is 0 Å². The van der Waals surface area contributed by atoms with Crippen molar-refractivity contribution in [2.45, 2.75) is 19.6 Å². The van der Waals surface area contributed by atoms with Crippen LogP contribution >= 0.6 is 0 Å². The van der Waals surface area contributed by atoms with Crippen molar-refractivity contribution in [1.82, 2.24) is 0 Å². The Labute approximate surface area is 91.7 Å². The number of rotatable bonds is 3. The Morgan fingerprint density at radius 2 is 1.93 bits per heavy atom. The molecule has 0 bridgehead atoms. The molecule has 1 aromatic rings. The topological polar surface area (TPSA) is 26.3 Å². The van der Waals surface area contributed by atoms with Gasteiger partial charge in [-0.15, -0.1) is 0 Å². The van der Waals surface area contributed by atoms with E-state index in [2.05, 4.69) is 6.58 Å². The average Bonchev–Trinajstić information content (AvgIpc) is 2.15. The third-order valence-corrected chi connectivity index (χ3v) is 2.60. The smallest absolute Gasteiger partial charge is 0.325 e. The van der Waals surface area contributed by atoms with E-state index in [0.29, 0.717) is 5.56 Å². The number of hydrogen-bond acceptors (Lipinski definition) is 2. The summed E-state index contributed by atoms with van der Waals surface area (Å²) in [6, 6.07) is 7.32. The van der Waals surface area contributed by atoms with Gasteiger partial charge in [-0.05, 0) is 31.3 Å². The van der Waals surface area contributed by atoms with Crippen LogP contribution in [0.1, 0.15) is 15.9 Å². The quantitative estimate of drug-likeness (QED) is 0.730. The fourth-order valence-corrected chi connectivity index (χ4v) is 1.86. The lowest BCUT2D eigenvalue weighted by Crippen LogP contribution is -2.29. The predicted octanol–water partition coefficient (Wildman–Crippen LogP) is 3.32. The molecule has 2 nitrogen and oxygen atoms in total. The highest BCUT2D eigenvalue weighted by molar-refractivity contribution is 6.71. The summed E-state index contributed by atoms with van der Waals surface area (Å²) < 4.78 is 5.42. The summed E-state index contributed by atoms with van der Waals surface area (Å²) in [5.74, 6) is -0.246. The zero-order chi connectivity index (χ0) is 11.5. The number of benzene rings is 1. The summed E-state index contributed by atoms with van der Waals surface area (Å²) >= 11 is 0. The Morgan fingerprint density at radius 3 is 2.47 bits per heavy atom. The summed E-state index contributed by atoms with van der Waals surface area (Å²) in [5.41, 5.74) is 1.41. The molecule has 0 aromatic heterocycles. The maximum atomic E-state index is 11.8. The first-order valence-corrected chi connectivity index (χ1v) is 8.29. The standard InChI is InChI=1S/C12H16O2Si/c1-5-10-8-6-7-9-11(10)12(13)14-15(2,3)4/h5-9H,1H2,2-4H3. The molecule has 0 aliphatic heterocycles. The molecule has 0 saturated carbocycles. The van der Waals surface area contributed by atoms with E-state index in [1.54, 1.807) is 12.1 Å². The van der Waals surface area contributed by atoms with Gasteiger partial charge in [-0.2, -0.15) is 0 Å². The van der Waals surface area contributed by atoms with Crippen LogP contribution in [0.25, 0.3) is 6.08 Å². The van der Waals surface area contributed by atoms with Gasteiger partial charge in [0.15, 0.2) is 0 Å². The lowest BCUT2D eigenvalue weighted by atomic mass is 10.1. The highest BCUT2D eigenvalue weighted by Gasteiger charge is 2.21. The van der Waals surface area contributed by atoms with Gasteiger partial charge in [0.1, 0.15) is 0 Å². The summed E-state index contributed by atoms with van der Waals surface area (Å²) in [4.78, 5) is 11.8.